The van der Waals surface area contributed by atoms with Gasteiger partial charge in [-0.1, -0.05) is 62.6 Å². The van der Waals surface area contributed by atoms with Crippen LogP contribution >= 0.6 is 31.1 Å². The number of aromatic amines is 2. The average molecular weight is 1140 g/mol. The molecule has 22 nitrogen and oxygen atoms in total. The summed E-state index contributed by atoms with van der Waals surface area (Å²) in [4.78, 5) is 44.8. The minimum absolute atomic E-state index is 0.00206. The zero-order valence-corrected chi connectivity index (χ0v) is 43.7. The van der Waals surface area contributed by atoms with Crippen molar-refractivity contribution in [3.05, 3.63) is 103 Å². The second-order valence-electron chi connectivity index (χ2n) is 14.5. The number of aliphatic hydroxyl groups is 2. The van der Waals surface area contributed by atoms with E-state index in [0.29, 0.717) is 52.0 Å². The smallest absolute Gasteiger partial charge is 0.356 e. The minimum atomic E-state index is -3.72. The lowest BCUT2D eigenvalue weighted by Gasteiger charge is -2.19. The van der Waals surface area contributed by atoms with Crippen molar-refractivity contribution in [1.29, 1.82) is 0 Å². The third-order valence-electron chi connectivity index (χ3n) is 9.26. The van der Waals surface area contributed by atoms with Gasteiger partial charge in [-0.3, -0.25) is 28.7 Å². The summed E-state index contributed by atoms with van der Waals surface area (Å²) in [7, 11) is -8.30. The summed E-state index contributed by atoms with van der Waals surface area (Å²) < 4.78 is 78.1. The van der Waals surface area contributed by atoms with Crippen LogP contribution in [0.1, 0.15) is 16.7 Å². The van der Waals surface area contributed by atoms with E-state index in [-0.39, 0.29) is 95.0 Å². The zero-order valence-electron chi connectivity index (χ0n) is 37.1. The van der Waals surface area contributed by atoms with Gasteiger partial charge in [0.25, 0.3) is 11.1 Å². The Morgan fingerprint density at radius 1 is 0.725 bits per heavy atom. The fourth-order valence-electron chi connectivity index (χ4n) is 5.82. The van der Waals surface area contributed by atoms with E-state index in [0.717, 1.165) is 10.0 Å². The molecular weight excluding hydrogens is 1090 g/mol. The fourth-order valence-corrected chi connectivity index (χ4v) is 11.3. The van der Waals surface area contributed by atoms with Gasteiger partial charge in [0.15, 0.2) is 22.3 Å². The maximum absolute atomic E-state index is 13.9. The number of nitrogen functional groups attached to an aromatic ring is 2. The number of aromatic nitrogens is 8. The molecule has 0 aliphatic carbocycles. The molecule has 0 radical (unpaired) electrons. The molecule has 30 heteroatoms. The van der Waals surface area contributed by atoms with Crippen molar-refractivity contribution in [3.63, 3.8) is 0 Å². The van der Waals surface area contributed by atoms with Crippen LogP contribution in [0.15, 0.2) is 69.2 Å². The molecule has 8 N–H and O–H groups in total. The second kappa shape index (κ2) is 27.9. The summed E-state index contributed by atoms with van der Waals surface area (Å²) >= 11 is 13.9. The number of fused-ring (bicyclic) bond motifs is 2. The monoisotopic (exact) mass is 1140 g/mol. The number of nitrogens with zero attached hydrogens (tertiary/aromatic N) is 6. The first-order chi connectivity index (χ1) is 33.0. The van der Waals surface area contributed by atoms with Crippen molar-refractivity contribution >= 4 is 107 Å². The Morgan fingerprint density at radius 2 is 1.20 bits per heavy atom. The summed E-state index contributed by atoms with van der Waals surface area (Å²) in [5.41, 5.74) is 13.1. The highest BCUT2D eigenvalue weighted by molar-refractivity contribution is 9.10. The van der Waals surface area contributed by atoms with Crippen molar-refractivity contribution in [3.8, 4) is 0 Å². The first-order valence-corrected chi connectivity index (χ1v) is 30.0. The summed E-state index contributed by atoms with van der Waals surface area (Å²) in [5, 5.41) is 18.0. The van der Waals surface area contributed by atoms with E-state index in [1.54, 1.807) is 28.2 Å². The molecule has 0 aliphatic rings. The van der Waals surface area contributed by atoms with Crippen LogP contribution in [-0.2, 0) is 104 Å². The number of ether oxygens (including phenoxy) is 2. The van der Waals surface area contributed by atoms with E-state index < -0.39 is 51.0 Å². The quantitative estimate of drug-likeness (QED) is 0.0302. The van der Waals surface area contributed by atoms with Crippen LogP contribution in [0.25, 0.3) is 22.3 Å². The number of anilines is 2. The second-order valence-corrected chi connectivity index (χ2v) is 25.6. The highest BCUT2D eigenvalue weighted by atomic mass is 79.9. The van der Waals surface area contributed by atoms with Crippen molar-refractivity contribution in [2.24, 2.45) is 0 Å². The normalized spacial score (nSPS) is 14.3. The maximum atomic E-state index is 13.9. The van der Waals surface area contributed by atoms with Crippen LogP contribution in [0.2, 0.25) is 0 Å². The number of H-pyrrole nitrogens is 2. The first-order valence-electron chi connectivity index (χ1n) is 20.7. The van der Waals surface area contributed by atoms with Crippen molar-refractivity contribution < 1.29 is 51.3 Å². The van der Waals surface area contributed by atoms with E-state index >= 15 is 0 Å². The third-order valence-corrected chi connectivity index (χ3v) is 17.5. The summed E-state index contributed by atoms with van der Waals surface area (Å²) in [6.45, 7) is 2.53. The Balaban J connectivity index is 0.000000258. The summed E-state index contributed by atoms with van der Waals surface area (Å²) in [6, 6.07) is 12.0. The summed E-state index contributed by atoms with van der Waals surface area (Å²) in [5.74, 6) is 1.39. The lowest BCUT2D eigenvalue weighted by atomic mass is 10.1. The molecule has 6 aromatic rings. The van der Waals surface area contributed by atoms with Crippen molar-refractivity contribution in [2.75, 3.05) is 86.8 Å². The number of hydrogen-bond acceptors (Lipinski definition) is 20. The van der Waals surface area contributed by atoms with E-state index in [4.69, 9.17) is 71.6 Å². The summed E-state index contributed by atoms with van der Waals surface area (Å²) in [6.07, 6.45) is 2.27. The fraction of sp³-hybridized carbons (Fsp3) is 0.436. The largest absolute Gasteiger partial charge is 0.396 e. The molecule has 2 aromatic carbocycles. The number of aliphatic hydroxyl groups excluding tert-OH is 2. The minimum Gasteiger partial charge on any atom is -0.396 e. The molecule has 378 valence electrons. The Hall–Kier alpha value is -3.57. The van der Waals surface area contributed by atoms with E-state index in [9.17, 15) is 23.1 Å². The number of nitrogens with one attached hydrogen (secondary N) is 2. The van der Waals surface area contributed by atoms with Gasteiger partial charge in [-0.25, -0.2) is 14.4 Å². The molecule has 4 aromatic heterocycles. The average Bonchev–Trinajstić information content (AvgIpc) is 3.91. The van der Waals surface area contributed by atoms with Crippen LogP contribution in [0, 0.1) is 12.7 Å². The van der Waals surface area contributed by atoms with Gasteiger partial charge in [0, 0.05) is 40.6 Å². The van der Waals surface area contributed by atoms with Gasteiger partial charge in [-0.2, -0.15) is 9.97 Å². The lowest BCUT2D eigenvalue weighted by molar-refractivity contribution is 0.122. The van der Waals surface area contributed by atoms with Gasteiger partial charge in [-0.15, -0.1) is 18.9 Å². The van der Waals surface area contributed by atoms with Crippen LogP contribution < -0.4 is 22.6 Å². The van der Waals surface area contributed by atoms with E-state index in [1.165, 1.54) is 18.7 Å². The van der Waals surface area contributed by atoms with Gasteiger partial charge < -0.3 is 58.4 Å². The highest BCUT2D eigenvalue weighted by Gasteiger charge is 2.27. The number of halogens is 2. The predicted octanol–water partition coefficient (Wildman–Crippen LogP) is 3.56. The van der Waals surface area contributed by atoms with Crippen molar-refractivity contribution in [2.45, 2.75) is 33.2 Å². The first kappa shape index (κ1) is 56.3. The van der Waals surface area contributed by atoms with Gasteiger partial charge in [0.1, 0.15) is 18.5 Å². The lowest BCUT2D eigenvalue weighted by Crippen LogP contribution is -2.14. The molecule has 0 saturated carbocycles. The molecule has 4 atom stereocenters. The number of hydrogen-bond donors (Lipinski definition) is 6. The molecule has 0 saturated heterocycles. The van der Waals surface area contributed by atoms with Crippen LogP contribution in [0.4, 0.5) is 16.3 Å². The number of nitrogens with two attached hydrogens (primary N) is 2. The Labute approximate surface area is 417 Å². The van der Waals surface area contributed by atoms with Crippen LogP contribution in [0.3, 0.4) is 0 Å². The molecule has 69 heavy (non-hydrogen) atoms. The number of rotatable bonds is 28. The molecule has 6 rings (SSSR count). The molecular formula is C39H52BrFN10O12P2S4. The van der Waals surface area contributed by atoms with E-state index in [1.807, 2.05) is 24.3 Å². The molecule has 0 amide bonds. The molecule has 0 bridgehead atoms. The van der Waals surface area contributed by atoms with Gasteiger partial charge in [-0.05, 0) is 41.8 Å². The zero-order chi connectivity index (χ0) is 50.0. The van der Waals surface area contributed by atoms with Gasteiger partial charge in [0.2, 0.25) is 11.9 Å². The molecule has 4 heterocycles. The van der Waals surface area contributed by atoms with E-state index in [2.05, 4.69) is 45.8 Å². The van der Waals surface area contributed by atoms with Crippen LogP contribution in [0.5, 0.6) is 0 Å². The Morgan fingerprint density at radius 3 is 1.65 bits per heavy atom. The topological polar surface area (TPSA) is 309 Å². The molecule has 0 aliphatic heterocycles. The third kappa shape index (κ3) is 18.2. The molecule has 0 fully saturated rings. The van der Waals surface area contributed by atoms with Crippen LogP contribution in [-0.4, -0.2) is 125 Å². The van der Waals surface area contributed by atoms with Gasteiger partial charge in [0.05, 0.1) is 65.5 Å². The molecule has 0 spiro atoms. The number of benzene rings is 2. The standard InChI is InChI=1S/C20H27FN5O6PS2.C19H25BrN5O6PS2/c1-14-2-3-15(10-16(14)21)11-32-33(29,31-7-9-35(34)8-5-27)13-30-6-4-26-12-23-17-18(26)24-20(22)25-19(17)28;20-15-3-1-2-14(10-15)11-31-32(28,30-7-9-34(33)8-5-26)13-29-6-4-25-12-22-16-17(25)23-19(21)24-18(16)27/h2-3,10,12,27H,4-9,11,13H2,1H3,(H3,22,24,25,28);1-3,10,12,26H,4-9,11,13H2,(H3,21,23,24,27). The predicted molar refractivity (Wildman–Crippen MR) is 272 cm³/mol. The van der Waals surface area contributed by atoms with Crippen molar-refractivity contribution in [1.82, 2.24) is 39.0 Å². The Bertz CT molecular complexity index is 2910. The van der Waals surface area contributed by atoms with Gasteiger partial charge >= 0.3 is 15.2 Å². The SMILES string of the molecule is Cc1ccc(COP(=O)(COCCn2cnc3c(=O)[nH]c(N)nc32)OCCS(=S)CCO)cc1F.Nc1nc2c(ncn2CCOCP(=O)(OCCS(=S)CCO)OCc2cccc(Br)c2)c(=O)[nH]1. The number of imidazole rings is 2. The molecule has 4 unspecified atom stereocenters. The highest BCUT2D eigenvalue weighted by Crippen LogP contribution is 2.50. The maximum Gasteiger partial charge on any atom is 0.356 e. The Kier molecular flexibility index (Phi) is 22.8. The number of aryl methyl sites for hydroxylation is 1.